The summed E-state index contributed by atoms with van der Waals surface area (Å²) in [6.45, 7) is 26.1. The normalized spacial score (nSPS) is 13.2. The first kappa shape index (κ1) is 30.0. The van der Waals surface area contributed by atoms with Crippen molar-refractivity contribution in [3.63, 3.8) is 0 Å². The molecule has 0 unspecified atom stereocenters. The average Bonchev–Trinajstić information content (AvgIpc) is 2.62. The van der Waals surface area contributed by atoms with Gasteiger partial charge in [-0.05, 0) is 75.7 Å². The maximum absolute atomic E-state index is 6.25. The third-order valence-corrected chi connectivity index (χ3v) is 5.40. The van der Waals surface area contributed by atoms with Crippen LogP contribution in [0, 0.1) is 17.3 Å². The molecule has 0 aromatic heterocycles. The van der Waals surface area contributed by atoms with E-state index in [-0.39, 0.29) is 5.60 Å². The Morgan fingerprint density at radius 2 is 1.58 bits per heavy atom. The molecule has 0 atom stereocenters. The summed E-state index contributed by atoms with van der Waals surface area (Å²) in [6, 6.07) is 0. The second-order valence-corrected chi connectivity index (χ2v) is 11.0. The predicted octanol–water partition coefficient (Wildman–Crippen LogP) is 6.68. The van der Waals surface area contributed by atoms with Crippen LogP contribution in [0.1, 0.15) is 93.9 Å². The lowest BCUT2D eigenvalue weighted by Crippen LogP contribution is -2.35. The van der Waals surface area contributed by atoms with Gasteiger partial charge in [-0.2, -0.15) is 0 Å². The number of ether oxygens (including phenoxy) is 2. The minimum Gasteiger partial charge on any atom is -0.380 e. The van der Waals surface area contributed by atoms with Crippen molar-refractivity contribution in [2.24, 2.45) is 17.3 Å². The topological polar surface area (TPSA) is 42.5 Å². The molecule has 0 bridgehead atoms. The summed E-state index contributed by atoms with van der Waals surface area (Å²) in [7, 11) is 0. The zero-order valence-electron chi connectivity index (χ0n) is 22.1. The summed E-state index contributed by atoms with van der Waals surface area (Å²) in [4.78, 5) is 0. The van der Waals surface area contributed by atoms with Crippen LogP contribution in [-0.2, 0) is 9.47 Å². The van der Waals surface area contributed by atoms with Crippen LogP contribution in [0.15, 0.2) is 24.6 Å². The molecule has 4 heteroatoms. The van der Waals surface area contributed by atoms with Crippen LogP contribution in [0.3, 0.4) is 0 Å². The zero-order chi connectivity index (χ0) is 23.8. The number of nitrogens with one attached hydrogen (secondary N) is 2. The SMILES string of the molecule is C=CC/C=C(/NCCOCCCC(C)C)NCCC(C)(C)OCCC(C)(C)CC(C)C. The molecule has 31 heavy (non-hydrogen) atoms. The van der Waals surface area contributed by atoms with Gasteiger partial charge in [-0.15, -0.1) is 6.58 Å². The van der Waals surface area contributed by atoms with Gasteiger partial charge in [-0.3, -0.25) is 0 Å². The van der Waals surface area contributed by atoms with E-state index in [4.69, 9.17) is 9.47 Å². The van der Waals surface area contributed by atoms with Crippen molar-refractivity contribution < 1.29 is 9.47 Å². The zero-order valence-corrected chi connectivity index (χ0v) is 22.1. The third-order valence-electron chi connectivity index (χ3n) is 5.40. The second kappa shape index (κ2) is 16.6. The molecule has 4 nitrogen and oxygen atoms in total. The van der Waals surface area contributed by atoms with Crippen LogP contribution in [0.5, 0.6) is 0 Å². The highest BCUT2D eigenvalue weighted by molar-refractivity contribution is 5.00. The minimum absolute atomic E-state index is 0.135. The van der Waals surface area contributed by atoms with Gasteiger partial charge < -0.3 is 20.1 Å². The lowest BCUT2D eigenvalue weighted by molar-refractivity contribution is -0.0349. The van der Waals surface area contributed by atoms with E-state index >= 15 is 0 Å². The van der Waals surface area contributed by atoms with Crippen molar-refractivity contribution in [1.82, 2.24) is 10.6 Å². The molecular weight excluding hydrogens is 384 g/mol. The molecule has 0 aliphatic heterocycles. The molecule has 0 aromatic carbocycles. The first-order valence-corrected chi connectivity index (χ1v) is 12.5. The van der Waals surface area contributed by atoms with Gasteiger partial charge in [-0.25, -0.2) is 0 Å². The maximum atomic E-state index is 6.25. The van der Waals surface area contributed by atoms with Crippen molar-refractivity contribution in [1.29, 1.82) is 0 Å². The molecule has 0 aliphatic carbocycles. The molecule has 0 saturated carbocycles. The summed E-state index contributed by atoms with van der Waals surface area (Å²) < 4.78 is 12.0. The largest absolute Gasteiger partial charge is 0.380 e. The Morgan fingerprint density at radius 1 is 0.903 bits per heavy atom. The van der Waals surface area contributed by atoms with Gasteiger partial charge in [0, 0.05) is 26.3 Å². The fraction of sp³-hybridized carbons (Fsp3) is 0.852. The molecule has 2 N–H and O–H groups in total. The number of allylic oxidation sites excluding steroid dienone is 2. The molecule has 184 valence electrons. The minimum atomic E-state index is -0.135. The maximum Gasteiger partial charge on any atom is 0.0949 e. The Morgan fingerprint density at radius 3 is 2.19 bits per heavy atom. The number of rotatable bonds is 20. The fourth-order valence-electron chi connectivity index (χ4n) is 3.74. The van der Waals surface area contributed by atoms with Crippen molar-refractivity contribution in [3.05, 3.63) is 24.6 Å². The molecule has 0 heterocycles. The summed E-state index contributed by atoms with van der Waals surface area (Å²) >= 11 is 0. The van der Waals surface area contributed by atoms with Crippen molar-refractivity contribution in [2.75, 3.05) is 32.9 Å². The van der Waals surface area contributed by atoms with E-state index in [2.05, 4.69) is 78.7 Å². The van der Waals surface area contributed by atoms with E-state index in [0.717, 1.165) is 76.3 Å². The van der Waals surface area contributed by atoms with E-state index in [1.807, 2.05) is 6.08 Å². The van der Waals surface area contributed by atoms with E-state index in [9.17, 15) is 0 Å². The molecule has 0 aliphatic rings. The van der Waals surface area contributed by atoms with Crippen LogP contribution >= 0.6 is 0 Å². The molecule has 0 aromatic rings. The lowest BCUT2D eigenvalue weighted by atomic mass is 9.81. The van der Waals surface area contributed by atoms with Crippen molar-refractivity contribution >= 4 is 0 Å². The highest BCUT2D eigenvalue weighted by Gasteiger charge is 2.23. The first-order chi connectivity index (χ1) is 14.5. The van der Waals surface area contributed by atoms with E-state index in [0.29, 0.717) is 5.41 Å². The second-order valence-electron chi connectivity index (χ2n) is 11.0. The van der Waals surface area contributed by atoms with Gasteiger partial charge in [0.25, 0.3) is 0 Å². The molecule has 0 saturated heterocycles. The van der Waals surface area contributed by atoms with Crippen LogP contribution < -0.4 is 10.6 Å². The monoisotopic (exact) mass is 438 g/mol. The number of hydrogen-bond acceptors (Lipinski definition) is 4. The molecule has 0 amide bonds. The predicted molar refractivity (Wildman–Crippen MR) is 136 cm³/mol. The van der Waals surface area contributed by atoms with E-state index in [1.54, 1.807) is 0 Å². The van der Waals surface area contributed by atoms with Gasteiger partial charge in [0.15, 0.2) is 0 Å². The van der Waals surface area contributed by atoms with Gasteiger partial charge in [0.1, 0.15) is 0 Å². The molecule has 0 fully saturated rings. The van der Waals surface area contributed by atoms with Gasteiger partial charge in [0.2, 0.25) is 0 Å². The Bertz CT molecular complexity index is 482. The Labute approximate surface area is 194 Å². The Balaban J connectivity index is 4.19. The number of hydrogen-bond donors (Lipinski definition) is 2. The summed E-state index contributed by atoms with van der Waals surface area (Å²) in [5.41, 5.74) is 0.202. The van der Waals surface area contributed by atoms with Crippen LogP contribution in [0.4, 0.5) is 0 Å². The van der Waals surface area contributed by atoms with Gasteiger partial charge in [-0.1, -0.05) is 47.6 Å². The summed E-state index contributed by atoms with van der Waals surface area (Å²) in [5, 5.41) is 6.99. The van der Waals surface area contributed by atoms with Crippen LogP contribution in [0.2, 0.25) is 0 Å². The Kier molecular flexibility index (Phi) is 16.1. The quantitative estimate of drug-likeness (QED) is 0.164. The standard InChI is InChI=1S/C27H54N2O2/c1-10-11-14-25(29-18-21-30-19-12-13-23(2)3)28-17-15-27(8,9)31-20-16-26(6,7)22-24(4)5/h10,14,23-24,28-29H,1,11-13,15-22H2,2-9H3/b25-14+. The molecule has 0 spiro atoms. The Hall–Kier alpha value is -1.00. The van der Waals surface area contributed by atoms with Crippen LogP contribution in [0.25, 0.3) is 0 Å². The fourth-order valence-corrected chi connectivity index (χ4v) is 3.74. The van der Waals surface area contributed by atoms with Gasteiger partial charge >= 0.3 is 0 Å². The highest BCUT2D eigenvalue weighted by Crippen LogP contribution is 2.30. The lowest BCUT2D eigenvalue weighted by Gasteiger charge is -2.31. The third kappa shape index (κ3) is 19.4. The van der Waals surface area contributed by atoms with E-state index < -0.39 is 0 Å². The van der Waals surface area contributed by atoms with Crippen molar-refractivity contribution in [2.45, 2.75) is 99.5 Å². The van der Waals surface area contributed by atoms with E-state index in [1.165, 1.54) is 12.8 Å². The smallest absolute Gasteiger partial charge is 0.0949 e. The van der Waals surface area contributed by atoms with Crippen molar-refractivity contribution in [3.8, 4) is 0 Å². The molecular formula is C27H54N2O2. The molecule has 0 rings (SSSR count). The summed E-state index contributed by atoms with van der Waals surface area (Å²) in [6.07, 6.45) is 10.6. The van der Waals surface area contributed by atoms with Gasteiger partial charge in [0.05, 0.1) is 18.0 Å². The first-order valence-electron chi connectivity index (χ1n) is 12.5. The average molecular weight is 439 g/mol. The highest BCUT2D eigenvalue weighted by atomic mass is 16.5. The summed E-state index contributed by atoms with van der Waals surface area (Å²) in [5.74, 6) is 2.53. The molecule has 0 radical (unpaired) electrons. The van der Waals surface area contributed by atoms with Crippen LogP contribution in [-0.4, -0.2) is 38.5 Å².